The van der Waals surface area contributed by atoms with Gasteiger partial charge in [0, 0.05) is 25.1 Å². The Morgan fingerprint density at radius 2 is 2.39 bits per heavy atom. The molecule has 1 amide bonds. The molecule has 1 aliphatic rings. The van der Waals surface area contributed by atoms with Gasteiger partial charge in [-0.25, -0.2) is 4.98 Å². The Hall–Kier alpha value is -0.920. The van der Waals surface area contributed by atoms with E-state index in [4.69, 9.17) is 11.6 Å². The summed E-state index contributed by atoms with van der Waals surface area (Å²) in [5.74, 6) is -0.100. The number of aldehydes is 1. The second-order valence-corrected chi connectivity index (χ2v) is 6.55. The van der Waals surface area contributed by atoms with Gasteiger partial charge in [-0.1, -0.05) is 34.7 Å². The number of thiazole rings is 1. The van der Waals surface area contributed by atoms with Crippen LogP contribution in [0.4, 0.5) is 5.13 Å². The molecular formula is C10H9ClN2O3S2. The van der Waals surface area contributed by atoms with E-state index in [0.717, 1.165) is 23.1 Å². The zero-order valence-corrected chi connectivity index (χ0v) is 11.8. The van der Waals surface area contributed by atoms with Crippen LogP contribution in [0.15, 0.2) is 0 Å². The Balaban J connectivity index is 2.16. The van der Waals surface area contributed by atoms with E-state index in [-0.39, 0.29) is 21.4 Å². The summed E-state index contributed by atoms with van der Waals surface area (Å²) in [6.07, 6.45) is 0.920. The summed E-state index contributed by atoms with van der Waals surface area (Å²) < 4.78 is 0. The van der Waals surface area contributed by atoms with Crippen LogP contribution in [0.1, 0.15) is 23.0 Å². The third-order valence-corrected chi connectivity index (χ3v) is 4.74. The normalized spacial score (nSPS) is 19.3. The molecule has 8 heteroatoms. The molecule has 1 unspecified atom stereocenters. The molecule has 0 radical (unpaired) electrons. The number of carbonyl (C=O) groups is 3. The maximum atomic E-state index is 11.8. The van der Waals surface area contributed by atoms with Crippen LogP contribution in [-0.2, 0) is 9.59 Å². The fraction of sp³-hybridized carbons (Fsp3) is 0.400. The average Bonchev–Trinajstić information content (AvgIpc) is 2.81. The summed E-state index contributed by atoms with van der Waals surface area (Å²) in [5.41, 5.74) is 0. The molecule has 2 rings (SSSR count). The third-order valence-electron chi connectivity index (χ3n) is 2.36. The zero-order valence-electron chi connectivity index (χ0n) is 9.38. The summed E-state index contributed by atoms with van der Waals surface area (Å²) in [6, 6.07) is 0. The second kappa shape index (κ2) is 5.38. The monoisotopic (exact) mass is 304 g/mol. The van der Waals surface area contributed by atoms with Gasteiger partial charge >= 0.3 is 0 Å². The molecular weight excluding hydrogens is 296 g/mol. The van der Waals surface area contributed by atoms with E-state index in [1.54, 1.807) is 0 Å². The molecule has 1 aromatic heterocycles. The van der Waals surface area contributed by atoms with E-state index in [1.807, 2.05) is 0 Å². The van der Waals surface area contributed by atoms with Gasteiger partial charge in [0.25, 0.3) is 0 Å². The number of nitrogens with zero attached hydrogens (tertiary/aromatic N) is 2. The lowest BCUT2D eigenvalue weighted by atomic mass is 10.4. The van der Waals surface area contributed by atoms with Crippen LogP contribution in [0.25, 0.3) is 0 Å². The quantitative estimate of drug-likeness (QED) is 0.799. The van der Waals surface area contributed by atoms with E-state index in [1.165, 1.54) is 11.8 Å². The largest absolute Gasteiger partial charge is 0.297 e. The Bertz CT molecular complexity index is 517. The first-order valence-electron chi connectivity index (χ1n) is 5.10. The maximum absolute atomic E-state index is 11.8. The van der Waals surface area contributed by atoms with Gasteiger partial charge in [-0.15, -0.1) is 0 Å². The van der Waals surface area contributed by atoms with Gasteiger partial charge in [-0.05, 0) is 0 Å². The highest BCUT2D eigenvalue weighted by Crippen LogP contribution is 2.33. The fourth-order valence-corrected chi connectivity index (χ4v) is 3.67. The minimum atomic E-state index is -0.100. The number of hydrogen-bond acceptors (Lipinski definition) is 6. The molecule has 1 saturated heterocycles. The average molecular weight is 305 g/mol. The lowest BCUT2D eigenvalue weighted by molar-refractivity contribution is -0.117. The van der Waals surface area contributed by atoms with Gasteiger partial charge < -0.3 is 0 Å². The molecule has 0 aromatic carbocycles. The van der Waals surface area contributed by atoms with Gasteiger partial charge in [0.2, 0.25) is 5.91 Å². The first kappa shape index (κ1) is 13.5. The lowest BCUT2D eigenvalue weighted by Crippen LogP contribution is -2.24. The summed E-state index contributed by atoms with van der Waals surface area (Å²) in [7, 11) is 0. The van der Waals surface area contributed by atoms with E-state index >= 15 is 0 Å². The number of anilines is 1. The Kier molecular flexibility index (Phi) is 4.04. The number of halogens is 1. The third kappa shape index (κ3) is 2.73. The Morgan fingerprint density at radius 3 is 2.94 bits per heavy atom. The van der Waals surface area contributed by atoms with Crippen molar-refractivity contribution in [3.63, 3.8) is 0 Å². The molecule has 1 atom stereocenters. The molecule has 0 aliphatic carbocycles. The number of carbonyl (C=O) groups excluding carboxylic acids is 3. The summed E-state index contributed by atoms with van der Waals surface area (Å²) >= 11 is 8.00. The van der Waals surface area contributed by atoms with E-state index in [0.29, 0.717) is 29.3 Å². The van der Waals surface area contributed by atoms with E-state index in [9.17, 15) is 14.4 Å². The molecule has 1 aliphatic heterocycles. The number of aromatic nitrogens is 1. The molecule has 0 bridgehead atoms. The van der Waals surface area contributed by atoms with E-state index in [2.05, 4.69) is 4.98 Å². The molecule has 2 heterocycles. The van der Waals surface area contributed by atoms with Crippen LogP contribution in [-0.4, -0.2) is 34.1 Å². The van der Waals surface area contributed by atoms with Crippen molar-refractivity contribution in [3.8, 4) is 0 Å². The Morgan fingerprint density at radius 1 is 1.67 bits per heavy atom. The second-order valence-electron chi connectivity index (χ2n) is 3.71. The Labute approximate surface area is 117 Å². The zero-order chi connectivity index (χ0) is 13.3. The van der Waals surface area contributed by atoms with Crippen molar-refractivity contribution in [1.82, 2.24) is 4.98 Å². The standard InChI is InChI=1S/C10H9ClN2O3S2/c1-5(15)17-6-2-8(16)13(3-6)10-12-9(11)7(4-14)18-10/h4,6H,2-3H2,1H3. The van der Waals surface area contributed by atoms with Gasteiger partial charge in [0.15, 0.2) is 21.7 Å². The molecule has 0 saturated carbocycles. The molecule has 96 valence electrons. The fourth-order valence-electron chi connectivity index (χ4n) is 1.66. The first-order chi connectivity index (χ1) is 8.51. The van der Waals surface area contributed by atoms with Gasteiger partial charge in [-0.3, -0.25) is 19.3 Å². The van der Waals surface area contributed by atoms with Crippen molar-refractivity contribution >= 4 is 57.1 Å². The van der Waals surface area contributed by atoms with Crippen molar-refractivity contribution in [3.05, 3.63) is 10.0 Å². The maximum Gasteiger partial charge on any atom is 0.230 e. The number of hydrogen-bond donors (Lipinski definition) is 0. The van der Waals surface area contributed by atoms with Gasteiger partial charge in [0.05, 0.1) is 0 Å². The predicted molar refractivity (Wildman–Crippen MR) is 71.5 cm³/mol. The smallest absolute Gasteiger partial charge is 0.230 e. The molecule has 0 spiro atoms. The number of amides is 1. The van der Waals surface area contributed by atoms with Crippen LogP contribution in [0, 0.1) is 0 Å². The number of thioether (sulfide) groups is 1. The highest BCUT2D eigenvalue weighted by molar-refractivity contribution is 8.14. The van der Waals surface area contributed by atoms with Crippen molar-refractivity contribution in [2.24, 2.45) is 0 Å². The summed E-state index contributed by atoms with van der Waals surface area (Å²) in [6.45, 7) is 1.90. The van der Waals surface area contributed by atoms with Crippen LogP contribution in [0.5, 0.6) is 0 Å². The highest BCUT2D eigenvalue weighted by atomic mass is 35.5. The van der Waals surface area contributed by atoms with E-state index < -0.39 is 0 Å². The molecule has 1 fully saturated rings. The minimum absolute atomic E-state index is 0.0135. The minimum Gasteiger partial charge on any atom is -0.297 e. The van der Waals surface area contributed by atoms with Crippen LogP contribution in [0.3, 0.4) is 0 Å². The van der Waals surface area contributed by atoms with Crippen molar-refractivity contribution in [2.75, 3.05) is 11.4 Å². The van der Waals surface area contributed by atoms with Crippen LogP contribution >= 0.6 is 34.7 Å². The van der Waals surface area contributed by atoms with Crippen molar-refractivity contribution in [2.45, 2.75) is 18.6 Å². The predicted octanol–water partition coefficient (Wildman–Crippen LogP) is 1.99. The van der Waals surface area contributed by atoms with Crippen LogP contribution in [0.2, 0.25) is 5.15 Å². The lowest BCUT2D eigenvalue weighted by Gasteiger charge is -2.11. The highest BCUT2D eigenvalue weighted by Gasteiger charge is 2.33. The van der Waals surface area contributed by atoms with Gasteiger partial charge in [0.1, 0.15) is 4.88 Å². The van der Waals surface area contributed by atoms with Crippen LogP contribution < -0.4 is 4.90 Å². The van der Waals surface area contributed by atoms with Gasteiger partial charge in [-0.2, -0.15) is 0 Å². The molecule has 5 nitrogen and oxygen atoms in total. The first-order valence-corrected chi connectivity index (χ1v) is 7.17. The SMILES string of the molecule is CC(=O)SC1CC(=O)N(c2nc(Cl)c(C=O)s2)C1. The molecule has 0 N–H and O–H groups in total. The topological polar surface area (TPSA) is 67.3 Å². The summed E-state index contributed by atoms with van der Waals surface area (Å²) in [4.78, 5) is 39.3. The summed E-state index contributed by atoms with van der Waals surface area (Å²) in [5, 5.41) is 0.456. The molecule has 1 aromatic rings. The molecule has 18 heavy (non-hydrogen) atoms. The number of rotatable bonds is 3. The van der Waals surface area contributed by atoms with Crippen molar-refractivity contribution < 1.29 is 14.4 Å². The van der Waals surface area contributed by atoms with Crippen molar-refractivity contribution in [1.29, 1.82) is 0 Å².